The molecule has 7 atom stereocenters. The second-order valence-corrected chi connectivity index (χ2v) is 7.42. The highest BCUT2D eigenvalue weighted by Gasteiger charge is 2.58. The van der Waals surface area contributed by atoms with E-state index in [0.29, 0.717) is 0 Å². The molecule has 3 fully saturated rings. The van der Waals surface area contributed by atoms with Crippen molar-refractivity contribution < 1.29 is 0 Å². The lowest BCUT2D eigenvalue weighted by atomic mass is 9.80. The molecule has 3 aliphatic carbocycles. The van der Waals surface area contributed by atoms with Crippen LogP contribution in [0.5, 0.6) is 0 Å². The molecule has 3 rings (SSSR count). The van der Waals surface area contributed by atoms with Gasteiger partial charge in [0.15, 0.2) is 0 Å². The van der Waals surface area contributed by atoms with Crippen molar-refractivity contribution >= 4 is 0 Å². The van der Waals surface area contributed by atoms with Crippen LogP contribution in [0.4, 0.5) is 0 Å². The standard InChI is InChI=1S/C16H28/c1-9-5-6-10(2)14(9)8-13-7-11(3)15-12(4)16(13)15/h9-16H,5-8H2,1-4H3. The van der Waals surface area contributed by atoms with Gasteiger partial charge in [0, 0.05) is 0 Å². The van der Waals surface area contributed by atoms with E-state index in [1.54, 1.807) is 12.8 Å². The maximum atomic E-state index is 2.50. The van der Waals surface area contributed by atoms with E-state index in [4.69, 9.17) is 0 Å². The fraction of sp³-hybridized carbons (Fsp3) is 1.00. The molecule has 0 spiro atoms. The highest BCUT2D eigenvalue weighted by molar-refractivity contribution is 5.07. The van der Waals surface area contributed by atoms with E-state index in [-0.39, 0.29) is 0 Å². The molecular weight excluding hydrogens is 192 g/mol. The summed E-state index contributed by atoms with van der Waals surface area (Å²) < 4.78 is 0. The number of hydrogen-bond acceptors (Lipinski definition) is 0. The average Bonchev–Trinajstić information content (AvgIpc) is 2.64. The van der Waals surface area contributed by atoms with E-state index in [2.05, 4.69) is 27.7 Å². The van der Waals surface area contributed by atoms with Crippen molar-refractivity contribution in [1.82, 2.24) is 0 Å². The third kappa shape index (κ3) is 1.56. The molecule has 0 amide bonds. The van der Waals surface area contributed by atoms with Crippen molar-refractivity contribution in [2.24, 2.45) is 47.3 Å². The van der Waals surface area contributed by atoms with Gasteiger partial charge in [0.25, 0.3) is 0 Å². The second-order valence-electron chi connectivity index (χ2n) is 7.42. The van der Waals surface area contributed by atoms with Crippen molar-refractivity contribution in [3.8, 4) is 0 Å². The number of rotatable bonds is 2. The molecule has 16 heavy (non-hydrogen) atoms. The van der Waals surface area contributed by atoms with E-state index in [1.165, 1.54) is 12.8 Å². The first kappa shape index (κ1) is 11.1. The zero-order valence-corrected chi connectivity index (χ0v) is 11.4. The maximum absolute atomic E-state index is 2.50. The van der Waals surface area contributed by atoms with Gasteiger partial charge in [-0.25, -0.2) is 0 Å². The zero-order chi connectivity index (χ0) is 11.4. The van der Waals surface area contributed by atoms with Crippen LogP contribution in [0.3, 0.4) is 0 Å². The van der Waals surface area contributed by atoms with Gasteiger partial charge in [-0.2, -0.15) is 0 Å². The molecule has 0 saturated heterocycles. The van der Waals surface area contributed by atoms with Gasteiger partial charge in [0.05, 0.1) is 0 Å². The molecular formula is C16H28. The molecule has 0 aliphatic heterocycles. The summed E-state index contributed by atoms with van der Waals surface area (Å²) >= 11 is 0. The van der Waals surface area contributed by atoms with Crippen LogP contribution < -0.4 is 0 Å². The summed E-state index contributed by atoms with van der Waals surface area (Å²) in [6.07, 6.45) is 6.11. The summed E-state index contributed by atoms with van der Waals surface area (Å²) in [4.78, 5) is 0. The highest BCUT2D eigenvalue weighted by atomic mass is 14.6. The molecule has 7 unspecified atom stereocenters. The Balaban J connectivity index is 1.63. The van der Waals surface area contributed by atoms with Crippen molar-refractivity contribution in [3.05, 3.63) is 0 Å². The molecule has 3 saturated carbocycles. The summed E-state index contributed by atoms with van der Waals surface area (Å²) in [5.74, 6) is 8.55. The Bertz CT molecular complexity index is 259. The van der Waals surface area contributed by atoms with Crippen molar-refractivity contribution in [1.29, 1.82) is 0 Å². The fourth-order valence-electron chi connectivity index (χ4n) is 5.54. The fourth-order valence-corrected chi connectivity index (χ4v) is 5.54. The van der Waals surface area contributed by atoms with E-state index < -0.39 is 0 Å². The van der Waals surface area contributed by atoms with E-state index >= 15 is 0 Å². The maximum Gasteiger partial charge on any atom is -0.0323 e. The topological polar surface area (TPSA) is 0 Å². The second kappa shape index (κ2) is 3.75. The summed E-state index contributed by atoms with van der Waals surface area (Å²) in [5, 5.41) is 0. The van der Waals surface area contributed by atoms with Crippen LogP contribution in [-0.4, -0.2) is 0 Å². The van der Waals surface area contributed by atoms with Crippen molar-refractivity contribution in [3.63, 3.8) is 0 Å². The predicted octanol–water partition coefficient (Wildman–Crippen LogP) is 4.60. The Labute approximate surface area is 101 Å². The first-order valence-corrected chi connectivity index (χ1v) is 7.59. The molecule has 0 nitrogen and oxygen atoms in total. The first-order chi connectivity index (χ1) is 7.59. The molecule has 0 aromatic heterocycles. The molecule has 0 bridgehead atoms. The summed E-state index contributed by atoms with van der Waals surface area (Å²) in [7, 11) is 0. The van der Waals surface area contributed by atoms with Gasteiger partial charge in [0.1, 0.15) is 0 Å². The van der Waals surface area contributed by atoms with Gasteiger partial charge in [-0.1, -0.05) is 40.5 Å². The minimum absolute atomic E-state index is 1.01. The number of hydrogen-bond donors (Lipinski definition) is 0. The summed E-state index contributed by atoms with van der Waals surface area (Å²) in [5.41, 5.74) is 0. The van der Waals surface area contributed by atoms with Crippen LogP contribution in [0.1, 0.15) is 53.4 Å². The van der Waals surface area contributed by atoms with E-state index in [9.17, 15) is 0 Å². The predicted molar refractivity (Wildman–Crippen MR) is 69.1 cm³/mol. The molecule has 3 aliphatic rings. The van der Waals surface area contributed by atoms with Gasteiger partial charge in [0.2, 0.25) is 0 Å². The van der Waals surface area contributed by atoms with Crippen molar-refractivity contribution in [2.45, 2.75) is 53.4 Å². The van der Waals surface area contributed by atoms with Crippen LogP contribution in [0, 0.1) is 47.3 Å². The highest BCUT2D eigenvalue weighted by Crippen LogP contribution is 2.64. The quantitative estimate of drug-likeness (QED) is 0.638. The minimum Gasteiger partial charge on any atom is -0.0622 e. The Morgan fingerprint density at radius 3 is 1.94 bits per heavy atom. The van der Waals surface area contributed by atoms with E-state index in [0.717, 1.165) is 47.3 Å². The van der Waals surface area contributed by atoms with Crippen molar-refractivity contribution in [2.75, 3.05) is 0 Å². The lowest BCUT2D eigenvalue weighted by Crippen LogP contribution is -2.17. The van der Waals surface area contributed by atoms with Gasteiger partial charge < -0.3 is 0 Å². The Morgan fingerprint density at radius 2 is 1.44 bits per heavy atom. The summed E-state index contributed by atoms with van der Waals surface area (Å²) in [6, 6.07) is 0. The summed E-state index contributed by atoms with van der Waals surface area (Å²) in [6.45, 7) is 10.0. The minimum atomic E-state index is 1.01. The molecule has 0 radical (unpaired) electrons. The lowest BCUT2D eigenvalue weighted by Gasteiger charge is -2.25. The smallest absolute Gasteiger partial charge is 0.0323 e. The molecule has 0 heterocycles. The first-order valence-electron chi connectivity index (χ1n) is 7.59. The molecule has 0 N–H and O–H groups in total. The third-order valence-electron chi connectivity index (χ3n) is 6.51. The van der Waals surface area contributed by atoms with Gasteiger partial charge in [-0.05, 0) is 60.2 Å². The largest absolute Gasteiger partial charge is 0.0622 e. The monoisotopic (exact) mass is 220 g/mol. The third-order valence-corrected chi connectivity index (χ3v) is 6.51. The normalized spacial score (nSPS) is 60.0. The van der Waals surface area contributed by atoms with Gasteiger partial charge >= 0.3 is 0 Å². The van der Waals surface area contributed by atoms with Crippen LogP contribution in [0.2, 0.25) is 0 Å². The van der Waals surface area contributed by atoms with E-state index in [1.807, 2.05) is 0 Å². The lowest BCUT2D eigenvalue weighted by molar-refractivity contribution is 0.242. The molecule has 0 heteroatoms. The molecule has 0 aromatic rings. The average molecular weight is 220 g/mol. The zero-order valence-electron chi connectivity index (χ0n) is 11.4. The SMILES string of the molecule is CC1CCC(C)C1CC1CC(C)C2C(C)C12. The van der Waals surface area contributed by atoms with Crippen LogP contribution in [0.15, 0.2) is 0 Å². The Kier molecular flexibility index (Phi) is 2.60. The Hall–Kier alpha value is 0. The Morgan fingerprint density at radius 1 is 0.812 bits per heavy atom. The van der Waals surface area contributed by atoms with Gasteiger partial charge in [-0.3, -0.25) is 0 Å². The molecule has 92 valence electrons. The van der Waals surface area contributed by atoms with Crippen LogP contribution >= 0.6 is 0 Å². The molecule has 0 aromatic carbocycles. The van der Waals surface area contributed by atoms with Gasteiger partial charge in [-0.15, -0.1) is 0 Å². The van der Waals surface area contributed by atoms with Crippen LogP contribution in [-0.2, 0) is 0 Å². The van der Waals surface area contributed by atoms with Crippen LogP contribution in [0.25, 0.3) is 0 Å². The number of fused-ring (bicyclic) bond motifs is 1.